The summed E-state index contributed by atoms with van der Waals surface area (Å²) in [6, 6.07) is 6.74. The van der Waals surface area contributed by atoms with Gasteiger partial charge in [-0.3, -0.25) is 9.59 Å². The molecule has 0 radical (unpaired) electrons. The number of aromatic nitrogens is 1. The average molecular weight is 314 g/mol. The number of aliphatic carboxylic acids is 1. The highest BCUT2D eigenvalue weighted by atomic mass is 16.4. The van der Waals surface area contributed by atoms with Crippen LogP contribution in [0.4, 0.5) is 5.69 Å². The van der Waals surface area contributed by atoms with Crippen LogP contribution in [0.2, 0.25) is 0 Å². The number of hydrogen-bond acceptors (Lipinski definition) is 4. The Bertz CT molecular complexity index is 744. The fraction of sp³-hybridized carbons (Fsp3) is 0.353. The molecule has 1 saturated carbocycles. The summed E-state index contributed by atoms with van der Waals surface area (Å²) in [5.41, 5.74) is 1.85. The minimum absolute atomic E-state index is 0.231. The van der Waals surface area contributed by atoms with Crippen LogP contribution >= 0.6 is 0 Å². The monoisotopic (exact) mass is 314 g/mol. The van der Waals surface area contributed by atoms with Gasteiger partial charge in [-0.25, -0.2) is 4.98 Å². The zero-order valence-electron chi connectivity index (χ0n) is 13.0. The highest BCUT2D eigenvalue weighted by Gasteiger charge is 2.30. The van der Waals surface area contributed by atoms with Gasteiger partial charge in [-0.05, 0) is 44.4 Å². The molecule has 6 heteroatoms. The van der Waals surface area contributed by atoms with Crippen LogP contribution in [-0.2, 0) is 4.79 Å². The molecule has 1 heterocycles. The Kier molecular flexibility index (Phi) is 3.90. The minimum Gasteiger partial charge on any atom is -0.481 e. The lowest BCUT2D eigenvalue weighted by molar-refractivity contribution is -0.138. The van der Waals surface area contributed by atoms with Crippen molar-refractivity contribution in [3.8, 4) is 0 Å². The van der Waals surface area contributed by atoms with Gasteiger partial charge in [0.25, 0.3) is 5.91 Å². The molecule has 0 saturated heterocycles. The van der Waals surface area contributed by atoms with Crippen LogP contribution in [0.1, 0.15) is 59.3 Å². The molecule has 0 aliphatic heterocycles. The van der Waals surface area contributed by atoms with Gasteiger partial charge in [0, 0.05) is 11.6 Å². The molecule has 3 rings (SSSR count). The molecule has 1 atom stereocenters. The van der Waals surface area contributed by atoms with Crippen molar-refractivity contribution in [2.24, 2.45) is 0 Å². The average Bonchev–Trinajstić information content (AvgIpc) is 3.30. The van der Waals surface area contributed by atoms with Gasteiger partial charge in [0.05, 0.1) is 11.6 Å². The second-order valence-electron chi connectivity index (χ2n) is 5.88. The van der Waals surface area contributed by atoms with Gasteiger partial charge in [0.2, 0.25) is 5.76 Å². The number of carbonyl (C=O) groups is 2. The number of nitrogens with zero attached hydrogens (tertiary/aromatic N) is 1. The Labute approximate surface area is 133 Å². The van der Waals surface area contributed by atoms with E-state index < -0.39 is 11.9 Å². The van der Waals surface area contributed by atoms with Crippen LogP contribution in [0, 0.1) is 6.92 Å². The van der Waals surface area contributed by atoms with E-state index in [0.717, 1.165) is 12.8 Å². The van der Waals surface area contributed by atoms with Crippen LogP contribution < -0.4 is 5.32 Å². The topological polar surface area (TPSA) is 92.4 Å². The van der Waals surface area contributed by atoms with E-state index >= 15 is 0 Å². The molecule has 1 amide bonds. The number of hydrogen-bond donors (Lipinski definition) is 2. The number of aryl methyl sites for hydroxylation is 1. The fourth-order valence-electron chi connectivity index (χ4n) is 2.32. The molecule has 120 valence electrons. The summed E-state index contributed by atoms with van der Waals surface area (Å²) < 4.78 is 5.56. The first-order valence-electron chi connectivity index (χ1n) is 7.57. The minimum atomic E-state index is -0.883. The fourth-order valence-corrected chi connectivity index (χ4v) is 2.32. The number of amides is 1. The normalized spacial score (nSPS) is 15.2. The molecule has 1 aliphatic rings. The lowest BCUT2D eigenvalue weighted by Crippen LogP contribution is -2.12. The van der Waals surface area contributed by atoms with Crippen molar-refractivity contribution in [2.75, 3.05) is 5.32 Å². The Hall–Kier alpha value is -2.63. The lowest BCUT2D eigenvalue weighted by Gasteiger charge is -2.08. The number of oxazole rings is 1. The van der Waals surface area contributed by atoms with Gasteiger partial charge < -0.3 is 14.8 Å². The molecule has 2 aromatic rings. The number of carbonyl (C=O) groups excluding carboxylic acids is 1. The largest absolute Gasteiger partial charge is 0.481 e. The van der Waals surface area contributed by atoms with Crippen LogP contribution in [0.25, 0.3) is 0 Å². The molecule has 1 aliphatic carbocycles. The second-order valence-corrected chi connectivity index (χ2v) is 5.88. The summed E-state index contributed by atoms with van der Waals surface area (Å²) in [5, 5.41) is 11.7. The molecule has 1 unspecified atom stereocenters. The van der Waals surface area contributed by atoms with E-state index in [-0.39, 0.29) is 11.7 Å². The van der Waals surface area contributed by atoms with E-state index in [9.17, 15) is 9.59 Å². The van der Waals surface area contributed by atoms with Crippen LogP contribution in [-0.4, -0.2) is 22.0 Å². The molecule has 0 bridgehead atoms. The van der Waals surface area contributed by atoms with E-state index in [0.29, 0.717) is 28.8 Å². The standard InChI is InChI=1S/C17H18N2O4/c1-9(17(21)22)11-5-7-13(8-6-11)19-15(20)14-10(2)18-16(23-14)12-3-4-12/h5-9,12H,3-4H2,1-2H3,(H,19,20)(H,21,22). The van der Waals surface area contributed by atoms with Crippen LogP contribution in [0.15, 0.2) is 28.7 Å². The zero-order valence-corrected chi connectivity index (χ0v) is 13.0. The maximum absolute atomic E-state index is 12.3. The van der Waals surface area contributed by atoms with E-state index in [4.69, 9.17) is 9.52 Å². The maximum atomic E-state index is 12.3. The van der Waals surface area contributed by atoms with E-state index in [2.05, 4.69) is 10.3 Å². The third-order valence-corrected chi connectivity index (χ3v) is 3.98. The Balaban J connectivity index is 1.71. The third-order valence-electron chi connectivity index (χ3n) is 3.98. The van der Waals surface area contributed by atoms with Crippen molar-refractivity contribution in [3.63, 3.8) is 0 Å². The molecular weight excluding hydrogens is 296 g/mol. The van der Waals surface area contributed by atoms with Gasteiger partial charge in [0.15, 0.2) is 5.89 Å². The van der Waals surface area contributed by atoms with Gasteiger partial charge in [-0.2, -0.15) is 0 Å². The van der Waals surface area contributed by atoms with Gasteiger partial charge in [-0.15, -0.1) is 0 Å². The highest BCUT2D eigenvalue weighted by Crippen LogP contribution is 2.40. The molecule has 1 aromatic carbocycles. The van der Waals surface area contributed by atoms with Crippen LogP contribution in [0.5, 0.6) is 0 Å². The summed E-state index contributed by atoms with van der Waals surface area (Å²) >= 11 is 0. The first-order chi connectivity index (χ1) is 11.0. The smallest absolute Gasteiger partial charge is 0.310 e. The molecule has 0 spiro atoms. The number of carboxylic acid groups (broad SMARTS) is 1. The number of anilines is 1. The first-order valence-corrected chi connectivity index (χ1v) is 7.57. The molecule has 6 nitrogen and oxygen atoms in total. The predicted octanol–water partition coefficient (Wildman–Crippen LogP) is 3.30. The van der Waals surface area contributed by atoms with Crippen molar-refractivity contribution in [1.29, 1.82) is 0 Å². The van der Waals surface area contributed by atoms with Crippen molar-refractivity contribution < 1.29 is 19.1 Å². The van der Waals surface area contributed by atoms with Crippen molar-refractivity contribution in [1.82, 2.24) is 4.98 Å². The summed E-state index contributed by atoms with van der Waals surface area (Å²) in [5.74, 6) is -0.592. The summed E-state index contributed by atoms with van der Waals surface area (Å²) in [4.78, 5) is 27.5. The highest BCUT2D eigenvalue weighted by molar-refractivity contribution is 6.02. The number of rotatable bonds is 5. The van der Waals surface area contributed by atoms with E-state index in [1.165, 1.54) is 0 Å². The molecule has 23 heavy (non-hydrogen) atoms. The lowest BCUT2D eigenvalue weighted by atomic mass is 10.0. The number of nitrogens with one attached hydrogen (secondary N) is 1. The Morgan fingerprint density at radius 2 is 1.96 bits per heavy atom. The van der Waals surface area contributed by atoms with Crippen molar-refractivity contribution in [3.05, 3.63) is 47.2 Å². The summed E-state index contributed by atoms with van der Waals surface area (Å²) in [6.45, 7) is 3.37. The Morgan fingerprint density at radius 3 is 2.52 bits per heavy atom. The quantitative estimate of drug-likeness (QED) is 0.883. The molecule has 1 fully saturated rings. The van der Waals surface area contributed by atoms with E-state index in [1.807, 2.05) is 0 Å². The maximum Gasteiger partial charge on any atom is 0.310 e. The van der Waals surface area contributed by atoms with Crippen molar-refractivity contribution >= 4 is 17.6 Å². The van der Waals surface area contributed by atoms with Gasteiger partial charge in [-0.1, -0.05) is 12.1 Å². The zero-order chi connectivity index (χ0) is 16.6. The van der Waals surface area contributed by atoms with Gasteiger partial charge in [0.1, 0.15) is 0 Å². The number of carboxylic acids is 1. The SMILES string of the molecule is Cc1nc(C2CC2)oc1C(=O)Nc1ccc(C(C)C(=O)O)cc1. The van der Waals surface area contributed by atoms with Crippen LogP contribution in [0.3, 0.4) is 0 Å². The molecular formula is C17H18N2O4. The van der Waals surface area contributed by atoms with E-state index in [1.54, 1.807) is 38.1 Å². The molecule has 1 aromatic heterocycles. The number of benzene rings is 1. The molecule has 2 N–H and O–H groups in total. The Morgan fingerprint density at radius 1 is 1.30 bits per heavy atom. The third kappa shape index (κ3) is 3.26. The van der Waals surface area contributed by atoms with Gasteiger partial charge >= 0.3 is 5.97 Å². The summed E-state index contributed by atoms with van der Waals surface area (Å²) in [7, 11) is 0. The summed E-state index contributed by atoms with van der Waals surface area (Å²) in [6.07, 6.45) is 2.12. The van der Waals surface area contributed by atoms with Crippen molar-refractivity contribution in [2.45, 2.75) is 38.5 Å². The predicted molar refractivity (Wildman–Crippen MR) is 83.7 cm³/mol. The first kappa shape index (κ1) is 15.3. The second kappa shape index (κ2) is 5.87.